The van der Waals surface area contributed by atoms with Gasteiger partial charge < -0.3 is 15.1 Å². The number of carbonyl (C=O) groups is 3. The number of hydrogen-bond donors (Lipinski definition) is 2. The number of carbonyl (C=O) groups excluding carboxylic acids is 1. The SMILES string of the molecule is Cc1ccc(CN2CCCC(C(=O)N3CCCCC3)C2)cc1.O=C(O)C(=O)O. The third kappa shape index (κ3) is 6.96. The maximum Gasteiger partial charge on any atom is 0.414 e. The highest BCUT2D eigenvalue weighted by atomic mass is 16.4. The molecule has 7 heteroatoms. The van der Waals surface area contributed by atoms with Crippen LogP contribution in [0.3, 0.4) is 0 Å². The molecule has 2 fully saturated rings. The molecule has 1 atom stereocenters. The van der Waals surface area contributed by atoms with E-state index in [-0.39, 0.29) is 5.92 Å². The molecule has 0 aliphatic carbocycles. The van der Waals surface area contributed by atoms with Gasteiger partial charge in [0.25, 0.3) is 0 Å². The van der Waals surface area contributed by atoms with Gasteiger partial charge in [-0.25, -0.2) is 9.59 Å². The first-order valence-corrected chi connectivity index (χ1v) is 9.89. The lowest BCUT2D eigenvalue weighted by molar-refractivity contribution is -0.159. The Morgan fingerprint density at radius 1 is 0.929 bits per heavy atom. The first-order chi connectivity index (χ1) is 13.4. The molecule has 3 rings (SSSR count). The molecule has 7 nitrogen and oxygen atoms in total. The van der Waals surface area contributed by atoms with Crippen molar-refractivity contribution in [2.45, 2.75) is 45.6 Å². The number of likely N-dealkylation sites (tertiary alicyclic amines) is 2. The highest BCUT2D eigenvalue weighted by Crippen LogP contribution is 2.22. The van der Waals surface area contributed by atoms with Crippen molar-refractivity contribution < 1.29 is 24.6 Å². The Hall–Kier alpha value is -2.41. The van der Waals surface area contributed by atoms with Gasteiger partial charge in [0.2, 0.25) is 5.91 Å². The molecule has 0 spiro atoms. The lowest BCUT2D eigenvalue weighted by Gasteiger charge is -2.36. The first kappa shape index (κ1) is 21.9. The number of aryl methyl sites for hydroxylation is 1. The van der Waals surface area contributed by atoms with Gasteiger partial charge in [-0.3, -0.25) is 9.69 Å². The Bertz CT molecular complexity index is 656. The number of hydrogen-bond acceptors (Lipinski definition) is 4. The summed E-state index contributed by atoms with van der Waals surface area (Å²) in [4.78, 5) is 35.5. The summed E-state index contributed by atoms with van der Waals surface area (Å²) in [7, 11) is 0. The Kier molecular flexibility index (Phi) is 8.44. The lowest BCUT2D eigenvalue weighted by Crippen LogP contribution is -2.46. The largest absolute Gasteiger partial charge is 0.473 e. The Morgan fingerprint density at radius 3 is 2.11 bits per heavy atom. The van der Waals surface area contributed by atoms with Gasteiger partial charge in [-0.1, -0.05) is 29.8 Å². The van der Waals surface area contributed by atoms with E-state index in [0.29, 0.717) is 5.91 Å². The predicted octanol–water partition coefficient (Wildman–Crippen LogP) is 2.38. The minimum absolute atomic E-state index is 0.220. The van der Waals surface area contributed by atoms with Crippen LogP contribution < -0.4 is 0 Å². The van der Waals surface area contributed by atoms with E-state index in [1.54, 1.807) is 0 Å². The van der Waals surface area contributed by atoms with Crippen molar-refractivity contribution in [3.05, 3.63) is 35.4 Å². The maximum atomic E-state index is 12.7. The quantitative estimate of drug-likeness (QED) is 0.769. The molecule has 1 aromatic rings. The van der Waals surface area contributed by atoms with E-state index in [0.717, 1.165) is 45.6 Å². The Morgan fingerprint density at radius 2 is 1.54 bits per heavy atom. The van der Waals surface area contributed by atoms with Gasteiger partial charge in [0.05, 0.1) is 5.92 Å². The van der Waals surface area contributed by atoms with Gasteiger partial charge in [0.1, 0.15) is 0 Å². The number of carboxylic acids is 2. The van der Waals surface area contributed by atoms with Crippen LogP contribution in [-0.4, -0.2) is 64.0 Å². The second kappa shape index (κ2) is 10.8. The van der Waals surface area contributed by atoms with Crippen LogP contribution in [0.4, 0.5) is 0 Å². The topological polar surface area (TPSA) is 98.2 Å². The van der Waals surface area contributed by atoms with E-state index in [1.807, 2.05) is 0 Å². The number of aliphatic carboxylic acids is 2. The molecule has 0 aromatic heterocycles. The summed E-state index contributed by atoms with van der Waals surface area (Å²) >= 11 is 0. The monoisotopic (exact) mass is 390 g/mol. The van der Waals surface area contributed by atoms with Crippen LogP contribution in [0, 0.1) is 12.8 Å². The molecular formula is C21H30N2O5. The second-order valence-electron chi connectivity index (χ2n) is 7.56. The molecular weight excluding hydrogens is 360 g/mol. The summed E-state index contributed by atoms with van der Waals surface area (Å²) in [5, 5.41) is 14.8. The normalized spacial score (nSPS) is 20.0. The minimum Gasteiger partial charge on any atom is -0.473 e. The fourth-order valence-electron chi connectivity index (χ4n) is 3.72. The molecule has 2 heterocycles. The van der Waals surface area contributed by atoms with E-state index in [9.17, 15) is 4.79 Å². The van der Waals surface area contributed by atoms with E-state index in [1.165, 1.54) is 30.4 Å². The predicted molar refractivity (Wildman–Crippen MR) is 105 cm³/mol. The second-order valence-corrected chi connectivity index (χ2v) is 7.56. The van der Waals surface area contributed by atoms with Crippen molar-refractivity contribution in [2.75, 3.05) is 26.2 Å². The number of rotatable bonds is 3. The average molecular weight is 390 g/mol. The molecule has 2 aliphatic heterocycles. The molecule has 28 heavy (non-hydrogen) atoms. The molecule has 154 valence electrons. The highest BCUT2D eigenvalue weighted by Gasteiger charge is 2.29. The van der Waals surface area contributed by atoms with Crippen molar-refractivity contribution in [1.82, 2.24) is 9.80 Å². The summed E-state index contributed by atoms with van der Waals surface area (Å²) in [6.07, 6.45) is 5.88. The van der Waals surface area contributed by atoms with Gasteiger partial charge in [-0.15, -0.1) is 0 Å². The van der Waals surface area contributed by atoms with E-state index in [2.05, 4.69) is 41.0 Å². The molecule has 2 aliphatic rings. The molecule has 0 radical (unpaired) electrons. The fourth-order valence-corrected chi connectivity index (χ4v) is 3.72. The lowest BCUT2D eigenvalue weighted by atomic mass is 9.95. The zero-order valence-corrected chi connectivity index (χ0v) is 16.5. The van der Waals surface area contributed by atoms with Crippen LogP contribution >= 0.6 is 0 Å². The van der Waals surface area contributed by atoms with Crippen molar-refractivity contribution >= 4 is 17.8 Å². The van der Waals surface area contributed by atoms with Gasteiger partial charge in [-0.05, 0) is 51.1 Å². The van der Waals surface area contributed by atoms with Crippen LogP contribution in [-0.2, 0) is 20.9 Å². The molecule has 2 saturated heterocycles. The zero-order chi connectivity index (χ0) is 20.5. The third-order valence-corrected chi connectivity index (χ3v) is 5.23. The first-order valence-electron chi connectivity index (χ1n) is 9.89. The van der Waals surface area contributed by atoms with Crippen LogP contribution in [0.5, 0.6) is 0 Å². The van der Waals surface area contributed by atoms with E-state index < -0.39 is 11.9 Å². The van der Waals surface area contributed by atoms with Crippen molar-refractivity contribution in [1.29, 1.82) is 0 Å². The standard InChI is InChI=1S/C19H28N2O.C2H2O4/c1-16-7-9-17(10-8-16)14-20-11-5-6-18(15-20)19(22)21-12-3-2-4-13-21;3-1(4)2(5)6/h7-10,18H,2-6,11-15H2,1H3;(H,3,4)(H,5,6). The number of piperidine rings is 2. The van der Waals surface area contributed by atoms with Gasteiger partial charge in [-0.2, -0.15) is 0 Å². The van der Waals surface area contributed by atoms with E-state index in [4.69, 9.17) is 19.8 Å². The molecule has 0 bridgehead atoms. The van der Waals surface area contributed by atoms with Crippen molar-refractivity contribution in [3.63, 3.8) is 0 Å². The number of carboxylic acid groups (broad SMARTS) is 2. The maximum absolute atomic E-state index is 12.7. The molecule has 0 saturated carbocycles. The van der Waals surface area contributed by atoms with Gasteiger partial charge >= 0.3 is 11.9 Å². The van der Waals surface area contributed by atoms with Gasteiger partial charge in [0.15, 0.2) is 0 Å². The molecule has 1 amide bonds. The molecule has 1 unspecified atom stereocenters. The minimum atomic E-state index is -1.82. The average Bonchev–Trinajstić information content (AvgIpc) is 2.70. The summed E-state index contributed by atoms with van der Waals surface area (Å²) in [6, 6.07) is 8.78. The summed E-state index contributed by atoms with van der Waals surface area (Å²) in [6.45, 7) is 7.11. The van der Waals surface area contributed by atoms with Crippen LogP contribution in [0.25, 0.3) is 0 Å². The highest BCUT2D eigenvalue weighted by molar-refractivity contribution is 6.27. The Balaban J connectivity index is 0.000000409. The van der Waals surface area contributed by atoms with Gasteiger partial charge in [0, 0.05) is 26.2 Å². The number of nitrogens with zero attached hydrogens (tertiary/aromatic N) is 2. The van der Waals surface area contributed by atoms with Crippen LogP contribution in [0.15, 0.2) is 24.3 Å². The number of benzene rings is 1. The third-order valence-electron chi connectivity index (χ3n) is 5.23. The fraction of sp³-hybridized carbons (Fsp3) is 0.571. The smallest absolute Gasteiger partial charge is 0.414 e. The van der Waals surface area contributed by atoms with E-state index >= 15 is 0 Å². The van der Waals surface area contributed by atoms with Crippen LogP contribution in [0.2, 0.25) is 0 Å². The van der Waals surface area contributed by atoms with Crippen molar-refractivity contribution in [3.8, 4) is 0 Å². The van der Waals surface area contributed by atoms with Crippen molar-refractivity contribution in [2.24, 2.45) is 5.92 Å². The molecule has 2 N–H and O–H groups in total. The Labute approximate surface area is 165 Å². The summed E-state index contributed by atoms with van der Waals surface area (Å²) in [5.74, 6) is -3.02. The summed E-state index contributed by atoms with van der Waals surface area (Å²) < 4.78 is 0. The summed E-state index contributed by atoms with van der Waals surface area (Å²) in [5.41, 5.74) is 2.66. The zero-order valence-electron chi connectivity index (χ0n) is 16.5. The molecule has 1 aromatic carbocycles. The number of amides is 1. The van der Waals surface area contributed by atoms with Crippen LogP contribution in [0.1, 0.15) is 43.2 Å².